The number of aromatic hydroxyl groups is 2. The molecule has 0 aliphatic rings. The van der Waals surface area contributed by atoms with Crippen molar-refractivity contribution >= 4 is 15.7 Å². The molecule has 2 aromatic carbocycles. The van der Waals surface area contributed by atoms with E-state index in [1.54, 1.807) is 18.2 Å². The van der Waals surface area contributed by atoms with Crippen LogP contribution in [0.4, 0.5) is 5.69 Å². The molecule has 4 N–H and O–H groups in total. The third-order valence-electron chi connectivity index (χ3n) is 4.46. The Morgan fingerprint density at radius 1 is 1.14 bits per heavy atom. The van der Waals surface area contributed by atoms with Crippen molar-refractivity contribution in [2.75, 3.05) is 10.5 Å². The van der Waals surface area contributed by atoms with Crippen LogP contribution in [0.25, 0.3) is 17.1 Å². The maximum atomic E-state index is 12.4. The predicted molar refractivity (Wildman–Crippen MR) is 110 cm³/mol. The van der Waals surface area contributed by atoms with Crippen molar-refractivity contribution in [2.24, 2.45) is 0 Å². The minimum atomic E-state index is -3.41. The Kier molecular flexibility index (Phi) is 5.38. The number of aromatic amines is 1. The van der Waals surface area contributed by atoms with Crippen LogP contribution in [0, 0.1) is 0 Å². The van der Waals surface area contributed by atoms with Crippen LogP contribution in [-0.2, 0) is 10.0 Å². The van der Waals surface area contributed by atoms with Gasteiger partial charge in [-0.25, -0.2) is 22.9 Å². The highest BCUT2D eigenvalue weighted by molar-refractivity contribution is 7.92. The van der Waals surface area contributed by atoms with Gasteiger partial charge in [-0.05, 0) is 48.7 Å². The molecule has 0 radical (unpaired) electrons. The fourth-order valence-electron chi connectivity index (χ4n) is 2.88. The van der Waals surface area contributed by atoms with Crippen molar-refractivity contribution in [1.29, 1.82) is 0 Å². The largest absolute Gasteiger partial charge is 0.508 e. The van der Waals surface area contributed by atoms with Crippen LogP contribution < -0.4 is 10.4 Å². The number of sulfonamides is 1. The molecule has 3 aromatic rings. The molecular weight excluding hydrogens is 396 g/mol. The summed E-state index contributed by atoms with van der Waals surface area (Å²) in [5.41, 5.74) is 1.14. The van der Waals surface area contributed by atoms with Gasteiger partial charge in [-0.15, -0.1) is 0 Å². The molecule has 1 aromatic heterocycles. The number of phenolic OH excluding ortho intramolecular Hbond substituents is 2. The van der Waals surface area contributed by atoms with E-state index in [0.717, 1.165) is 0 Å². The van der Waals surface area contributed by atoms with E-state index < -0.39 is 15.7 Å². The average Bonchev–Trinajstić information content (AvgIpc) is 3.03. The molecule has 0 fully saturated rings. The molecule has 3 rings (SSSR count). The lowest BCUT2D eigenvalue weighted by atomic mass is 9.98. The molecule has 0 amide bonds. The third-order valence-corrected chi connectivity index (χ3v) is 5.77. The zero-order valence-corrected chi connectivity index (χ0v) is 17.0. The maximum absolute atomic E-state index is 12.4. The van der Waals surface area contributed by atoms with Crippen molar-refractivity contribution in [3.63, 3.8) is 0 Å². The number of anilines is 1. The summed E-state index contributed by atoms with van der Waals surface area (Å²) in [5, 5.41) is 26.8. The van der Waals surface area contributed by atoms with Gasteiger partial charge in [-0.3, -0.25) is 4.72 Å². The molecule has 29 heavy (non-hydrogen) atoms. The highest BCUT2D eigenvalue weighted by Crippen LogP contribution is 2.37. The van der Waals surface area contributed by atoms with E-state index in [1.165, 1.54) is 29.7 Å². The maximum Gasteiger partial charge on any atom is 0.348 e. The number of phenols is 2. The van der Waals surface area contributed by atoms with E-state index in [9.17, 15) is 23.4 Å². The zero-order valence-electron chi connectivity index (χ0n) is 16.2. The van der Waals surface area contributed by atoms with Gasteiger partial charge in [0.1, 0.15) is 11.5 Å². The fourth-order valence-corrected chi connectivity index (χ4v) is 3.52. The predicted octanol–water partition coefficient (Wildman–Crippen LogP) is 2.52. The standard InChI is InChI=1S/C19H22N4O5S/c1-4-29(27,28)22-12-5-7-13(8-6-12)23-18(20-21-19(23)26)15-9-14(11(2)3)16(24)10-17(15)25/h5-11,22,24-25H,4H2,1-3H3,(H,21,26). The Morgan fingerprint density at radius 2 is 1.79 bits per heavy atom. The molecule has 0 saturated carbocycles. The van der Waals surface area contributed by atoms with Gasteiger partial charge in [-0.1, -0.05) is 13.8 Å². The topological polar surface area (TPSA) is 137 Å². The first kappa shape index (κ1) is 20.5. The van der Waals surface area contributed by atoms with Gasteiger partial charge >= 0.3 is 5.69 Å². The van der Waals surface area contributed by atoms with Crippen LogP contribution in [0.5, 0.6) is 11.5 Å². The molecule has 0 aliphatic heterocycles. The summed E-state index contributed by atoms with van der Waals surface area (Å²) in [5.74, 6) is -0.174. The molecule has 1 heterocycles. The molecule has 0 aliphatic carbocycles. The van der Waals surface area contributed by atoms with E-state index >= 15 is 0 Å². The molecule has 0 atom stereocenters. The van der Waals surface area contributed by atoms with E-state index in [0.29, 0.717) is 16.9 Å². The number of nitrogens with zero attached hydrogens (tertiary/aromatic N) is 2. The van der Waals surface area contributed by atoms with Crippen molar-refractivity contribution < 1.29 is 18.6 Å². The highest BCUT2D eigenvalue weighted by Gasteiger charge is 2.19. The normalized spacial score (nSPS) is 11.7. The Hall–Kier alpha value is -3.27. The smallest absolute Gasteiger partial charge is 0.348 e. The Labute approximate surface area is 167 Å². The van der Waals surface area contributed by atoms with Gasteiger partial charge in [0, 0.05) is 11.8 Å². The first-order valence-corrected chi connectivity index (χ1v) is 10.6. The minimum absolute atomic E-state index is 0.0145. The monoisotopic (exact) mass is 418 g/mol. The molecule has 9 nitrogen and oxygen atoms in total. The number of hydrogen-bond donors (Lipinski definition) is 4. The highest BCUT2D eigenvalue weighted by atomic mass is 32.2. The van der Waals surface area contributed by atoms with Crippen LogP contribution in [0.1, 0.15) is 32.3 Å². The summed E-state index contributed by atoms with van der Waals surface area (Å²) in [6, 6.07) is 9.00. The van der Waals surface area contributed by atoms with Crippen LogP contribution in [-0.4, -0.2) is 39.1 Å². The number of benzene rings is 2. The number of hydrogen-bond acceptors (Lipinski definition) is 6. The van der Waals surface area contributed by atoms with Gasteiger partial charge in [-0.2, -0.15) is 5.10 Å². The van der Waals surface area contributed by atoms with Crippen molar-refractivity contribution in [2.45, 2.75) is 26.7 Å². The van der Waals surface area contributed by atoms with E-state index in [-0.39, 0.29) is 34.6 Å². The lowest BCUT2D eigenvalue weighted by Gasteiger charge is -2.13. The summed E-state index contributed by atoms with van der Waals surface area (Å²) in [7, 11) is -3.41. The van der Waals surface area contributed by atoms with Gasteiger partial charge < -0.3 is 10.2 Å². The van der Waals surface area contributed by atoms with Gasteiger partial charge in [0.2, 0.25) is 10.0 Å². The van der Waals surface area contributed by atoms with Crippen molar-refractivity contribution in [1.82, 2.24) is 14.8 Å². The summed E-state index contributed by atoms with van der Waals surface area (Å²) >= 11 is 0. The molecule has 0 spiro atoms. The Balaban J connectivity index is 2.08. The average molecular weight is 418 g/mol. The second-order valence-electron chi connectivity index (χ2n) is 6.82. The lowest BCUT2D eigenvalue weighted by Crippen LogP contribution is -2.16. The van der Waals surface area contributed by atoms with Gasteiger partial charge in [0.15, 0.2) is 5.82 Å². The second kappa shape index (κ2) is 7.63. The molecule has 0 unspecified atom stereocenters. The summed E-state index contributed by atoms with van der Waals surface area (Å²) < 4.78 is 27.1. The van der Waals surface area contributed by atoms with E-state index in [1.807, 2.05) is 13.8 Å². The number of nitrogens with one attached hydrogen (secondary N) is 2. The third kappa shape index (κ3) is 4.11. The molecule has 10 heteroatoms. The molecule has 0 saturated heterocycles. The Bertz CT molecular complexity index is 1190. The zero-order chi connectivity index (χ0) is 21.3. The SMILES string of the molecule is CCS(=O)(=O)Nc1ccc(-n2c(-c3cc(C(C)C)c(O)cc3O)n[nH]c2=O)cc1. The first-order chi connectivity index (χ1) is 13.6. The van der Waals surface area contributed by atoms with Gasteiger partial charge in [0.25, 0.3) is 0 Å². The Morgan fingerprint density at radius 3 is 2.38 bits per heavy atom. The van der Waals surface area contributed by atoms with Crippen LogP contribution >= 0.6 is 0 Å². The quantitative estimate of drug-likeness (QED) is 0.485. The molecule has 154 valence electrons. The molecular formula is C19H22N4O5S. The second-order valence-corrected chi connectivity index (χ2v) is 8.83. The molecule has 0 bridgehead atoms. The summed E-state index contributed by atoms with van der Waals surface area (Å²) in [6.45, 7) is 5.32. The minimum Gasteiger partial charge on any atom is -0.508 e. The van der Waals surface area contributed by atoms with Crippen LogP contribution in [0.3, 0.4) is 0 Å². The first-order valence-electron chi connectivity index (χ1n) is 8.97. The number of H-pyrrole nitrogens is 1. The van der Waals surface area contributed by atoms with Crippen LogP contribution in [0.2, 0.25) is 0 Å². The van der Waals surface area contributed by atoms with Crippen molar-refractivity contribution in [3.05, 3.63) is 52.4 Å². The van der Waals surface area contributed by atoms with Crippen LogP contribution in [0.15, 0.2) is 41.2 Å². The van der Waals surface area contributed by atoms with E-state index in [2.05, 4.69) is 14.9 Å². The summed E-state index contributed by atoms with van der Waals surface area (Å²) in [6.07, 6.45) is 0. The fraction of sp³-hybridized carbons (Fsp3) is 0.263. The number of rotatable bonds is 6. The lowest BCUT2D eigenvalue weighted by molar-refractivity contribution is 0.444. The van der Waals surface area contributed by atoms with Crippen molar-refractivity contribution in [3.8, 4) is 28.6 Å². The summed E-state index contributed by atoms with van der Waals surface area (Å²) in [4.78, 5) is 12.4. The van der Waals surface area contributed by atoms with E-state index in [4.69, 9.17) is 0 Å². The number of aromatic nitrogens is 3. The van der Waals surface area contributed by atoms with Gasteiger partial charge in [0.05, 0.1) is 17.0 Å².